The van der Waals surface area contributed by atoms with Gasteiger partial charge in [-0.1, -0.05) is 67.2 Å². The number of allylic oxidation sites excluding steroid dienone is 1. The first-order valence-electron chi connectivity index (χ1n) is 6.53. The summed E-state index contributed by atoms with van der Waals surface area (Å²) >= 11 is 3.88. The minimum Gasteiger partial charge on any atom is -0.409 e. The molecule has 112 valence electrons. The van der Waals surface area contributed by atoms with Crippen LogP contribution in [0.5, 0.6) is 0 Å². The van der Waals surface area contributed by atoms with Crippen LogP contribution in [-0.4, -0.2) is 17.1 Å². The number of ether oxygens (including phenoxy) is 2. The third-order valence-electron chi connectivity index (χ3n) is 1.58. The summed E-state index contributed by atoms with van der Waals surface area (Å²) in [5, 5.41) is -1.47. The molecule has 0 aliphatic carbocycles. The average molecular weight is 290 g/mol. The number of thiol groups is 1. The number of rotatable bonds is 0. The average Bonchev–Trinajstić information content (AvgIpc) is 2.27. The van der Waals surface area contributed by atoms with Gasteiger partial charge in [0.1, 0.15) is 5.57 Å². The summed E-state index contributed by atoms with van der Waals surface area (Å²) in [5.74, 6) is -1.39. The lowest BCUT2D eigenvalue weighted by Gasteiger charge is -2.29. The highest BCUT2D eigenvalue weighted by Crippen LogP contribution is 2.28. The van der Waals surface area contributed by atoms with Gasteiger partial charge in [-0.05, 0) is 5.41 Å². The number of carbonyl (C=O) groups is 2. The lowest BCUT2D eigenvalue weighted by molar-refractivity contribution is -0.199. The Labute approximate surface area is 122 Å². The Hall–Kier alpha value is -0.970. The molecule has 0 saturated carbocycles. The van der Waals surface area contributed by atoms with Crippen molar-refractivity contribution >= 4 is 24.6 Å². The van der Waals surface area contributed by atoms with Gasteiger partial charge in [0.2, 0.25) is 0 Å². The smallest absolute Gasteiger partial charge is 0.349 e. The Morgan fingerprint density at radius 2 is 1.32 bits per heavy atom. The van der Waals surface area contributed by atoms with Gasteiger partial charge in [-0.2, -0.15) is 0 Å². The predicted molar refractivity (Wildman–Crippen MR) is 79.8 cm³/mol. The molecule has 5 heteroatoms. The molecule has 0 unspecified atom stereocenters. The maximum absolute atomic E-state index is 11.5. The van der Waals surface area contributed by atoms with Gasteiger partial charge < -0.3 is 9.47 Å². The van der Waals surface area contributed by atoms with Crippen LogP contribution in [0.2, 0.25) is 0 Å². The van der Waals surface area contributed by atoms with Crippen LogP contribution in [0.4, 0.5) is 0 Å². The van der Waals surface area contributed by atoms with Crippen molar-refractivity contribution in [2.45, 2.75) is 60.5 Å². The molecule has 0 spiro atoms. The topological polar surface area (TPSA) is 52.6 Å². The molecule has 1 fully saturated rings. The molecule has 4 nitrogen and oxygen atoms in total. The monoisotopic (exact) mass is 290 g/mol. The fourth-order valence-electron chi connectivity index (χ4n) is 1.11. The lowest BCUT2D eigenvalue weighted by Crippen LogP contribution is -2.40. The third kappa shape index (κ3) is 7.93. The van der Waals surface area contributed by atoms with Crippen molar-refractivity contribution in [2.24, 2.45) is 5.41 Å². The highest BCUT2D eigenvalue weighted by atomic mass is 32.1. The Morgan fingerprint density at radius 1 is 1.00 bits per heavy atom. The van der Waals surface area contributed by atoms with Crippen LogP contribution in [-0.2, 0) is 19.1 Å². The first kappa shape index (κ1) is 20.3. The fraction of sp³-hybridized carbons (Fsp3) is 0.714. The van der Waals surface area contributed by atoms with E-state index in [1.54, 1.807) is 0 Å². The summed E-state index contributed by atoms with van der Waals surface area (Å²) in [5.41, 5.74) is -0.369. The molecular weight excluding hydrogens is 264 g/mol. The van der Waals surface area contributed by atoms with E-state index in [1.165, 1.54) is 13.0 Å². The van der Waals surface area contributed by atoms with Crippen LogP contribution >= 0.6 is 12.6 Å². The van der Waals surface area contributed by atoms with Gasteiger partial charge in [0.25, 0.3) is 0 Å². The Balaban J connectivity index is 0. The Morgan fingerprint density at radius 3 is 1.58 bits per heavy atom. The predicted octanol–water partition coefficient (Wildman–Crippen LogP) is 3.71. The van der Waals surface area contributed by atoms with Crippen molar-refractivity contribution in [1.29, 1.82) is 0 Å². The zero-order chi connectivity index (χ0) is 15.9. The van der Waals surface area contributed by atoms with Gasteiger partial charge in [0, 0.05) is 6.92 Å². The second-order valence-corrected chi connectivity index (χ2v) is 5.41. The molecule has 0 bridgehead atoms. The lowest BCUT2D eigenvalue weighted by atomic mass is 9.93. The van der Waals surface area contributed by atoms with Crippen molar-refractivity contribution in [2.75, 3.05) is 0 Å². The zero-order valence-electron chi connectivity index (χ0n) is 13.2. The molecule has 0 aromatic heterocycles. The Bertz CT molecular complexity index is 316. The molecule has 1 aliphatic rings. The second-order valence-electron chi connectivity index (χ2n) is 4.60. The summed E-state index contributed by atoms with van der Waals surface area (Å²) in [6.07, 6.45) is 1.53. The summed E-state index contributed by atoms with van der Waals surface area (Å²) < 4.78 is 9.63. The molecule has 0 atom stereocenters. The van der Waals surface area contributed by atoms with E-state index in [0.717, 1.165) is 0 Å². The van der Waals surface area contributed by atoms with Crippen LogP contribution in [0.25, 0.3) is 0 Å². The van der Waals surface area contributed by atoms with Crippen LogP contribution in [0, 0.1) is 5.41 Å². The number of hydrogen-bond donors (Lipinski definition) is 1. The van der Waals surface area contributed by atoms with E-state index in [4.69, 9.17) is 9.47 Å². The molecule has 19 heavy (non-hydrogen) atoms. The molecule has 1 aliphatic heterocycles. The fourth-order valence-corrected chi connectivity index (χ4v) is 1.27. The van der Waals surface area contributed by atoms with Gasteiger partial charge in [-0.15, -0.1) is 0 Å². The van der Waals surface area contributed by atoms with E-state index >= 15 is 0 Å². The summed E-state index contributed by atoms with van der Waals surface area (Å²) in [4.78, 5) is 22.9. The Kier molecular flexibility index (Phi) is 8.84. The normalized spacial score (nSPS) is 22.1. The number of hydrogen-bond acceptors (Lipinski definition) is 5. The first-order valence-corrected chi connectivity index (χ1v) is 6.97. The standard InChI is InChI=1S/C10H14O4S.2C2H6/c1-9(2,3)5-6-7(11)13-10(4,15)14-8(6)12;2*1-2/h5,15H,1-4H3;2*1-2H3. The van der Waals surface area contributed by atoms with Crippen LogP contribution in [0.1, 0.15) is 55.4 Å². The SMILES string of the molecule is CC.CC.CC(C)(C)C=C1C(=O)OC(C)(S)OC1=O. The van der Waals surface area contributed by atoms with E-state index in [1.807, 2.05) is 48.5 Å². The maximum atomic E-state index is 11.5. The van der Waals surface area contributed by atoms with E-state index in [9.17, 15) is 9.59 Å². The maximum Gasteiger partial charge on any atom is 0.349 e. The van der Waals surface area contributed by atoms with Crippen molar-refractivity contribution in [3.8, 4) is 0 Å². The molecule has 0 aromatic carbocycles. The van der Waals surface area contributed by atoms with Crippen LogP contribution in [0.3, 0.4) is 0 Å². The molecule has 0 radical (unpaired) electrons. The molecule has 1 saturated heterocycles. The van der Waals surface area contributed by atoms with E-state index < -0.39 is 17.1 Å². The largest absolute Gasteiger partial charge is 0.409 e. The minimum atomic E-state index is -1.47. The third-order valence-corrected chi connectivity index (χ3v) is 1.76. The first-order chi connectivity index (χ1) is 8.61. The number of cyclic esters (lactones) is 2. The molecule has 0 aromatic rings. The summed E-state index contributed by atoms with van der Waals surface area (Å²) in [7, 11) is 0. The van der Waals surface area contributed by atoms with Crippen LogP contribution < -0.4 is 0 Å². The van der Waals surface area contributed by atoms with Crippen molar-refractivity contribution in [3.63, 3.8) is 0 Å². The summed E-state index contributed by atoms with van der Waals surface area (Å²) in [6.45, 7) is 15.0. The molecule has 1 heterocycles. The zero-order valence-corrected chi connectivity index (χ0v) is 14.1. The molecular formula is C14H26O4S. The molecule has 0 N–H and O–H groups in total. The molecule has 1 rings (SSSR count). The van der Waals surface area contributed by atoms with Gasteiger partial charge in [0.05, 0.1) is 0 Å². The van der Waals surface area contributed by atoms with Crippen molar-refractivity contribution in [3.05, 3.63) is 11.6 Å². The van der Waals surface area contributed by atoms with Crippen molar-refractivity contribution in [1.82, 2.24) is 0 Å². The van der Waals surface area contributed by atoms with Gasteiger partial charge >= 0.3 is 17.1 Å². The van der Waals surface area contributed by atoms with E-state index in [0.29, 0.717) is 0 Å². The number of carbonyl (C=O) groups excluding carboxylic acids is 2. The number of esters is 2. The second kappa shape index (κ2) is 8.25. The highest BCUT2D eigenvalue weighted by Gasteiger charge is 2.40. The van der Waals surface area contributed by atoms with Gasteiger partial charge in [0.15, 0.2) is 0 Å². The molecule has 0 amide bonds. The van der Waals surface area contributed by atoms with Gasteiger partial charge in [-0.25, -0.2) is 9.59 Å². The minimum absolute atomic E-state index is 0.0750. The quantitative estimate of drug-likeness (QED) is 0.320. The van der Waals surface area contributed by atoms with E-state index in [-0.39, 0.29) is 11.0 Å². The van der Waals surface area contributed by atoms with E-state index in [2.05, 4.69) is 12.6 Å². The van der Waals surface area contributed by atoms with Crippen molar-refractivity contribution < 1.29 is 19.1 Å². The van der Waals surface area contributed by atoms with Gasteiger partial charge in [-0.3, -0.25) is 0 Å². The van der Waals surface area contributed by atoms with Crippen LogP contribution in [0.15, 0.2) is 11.6 Å². The highest BCUT2D eigenvalue weighted by molar-refractivity contribution is 7.81. The summed E-state index contributed by atoms with van der Waals surface area (Å²) in [6, 6.07) is 0.